The van der Waals surface area contributed by atoms with E-state index in [9.17, 15) is 19.2 Å². The summed E-state index contributed by atoms with van der Waals surface area (Å²) in [5.74, 6) is -0.374. The maximum absolute atomic E-state index is 12.2. The highest BCUT2D eigenvalue weighted by molar-refractivity contribution is 8.02. The predicted octanol–water partition coefficient (Wildman–Crippen LogP) is 1.58. The SMILES string of the molecule is CCCC1CC(=O)C(SC2CC(=O)N(CC)C2=O)CC1=O. The van der Waals surface area contributed by atoms with Gasteiger partial charge in [-0.2, -0.15) is 0 Å². The number of amides is 2. The van der Waals surface area contributed by atoms with Gasteiger partial charge in [0.05, 0.1) is 10.5 Å². The number of carbonyl (C=O) groups is 4. The number of likely N-dealkylation sites (tertiary alicyclic amines) is 1. The molecule has 21 heavy (non-hydrogen) atoms. The van der Waals surface area contributed by atoms with Crippen LogP contribution in [0.5, 0.6) is 0 Å². The van der Waals surface area contributed by atoms with Crippen LogP contribution < -0.4 is 0 Å². The van der Waals surface area contributed by atoms with Crippen molar-refractivity contribution in [3.05, 3.63) is 0 Å². The van der Waals surface area contributed by atoms with Crippen molar-refractivity contribution in [1.82, 2.24) is 4.90 Å². The summed E-state index contributed by atoms with van der Waals surface area (Å²) in [7, 11) is 0. The minimum Gasteiger partial charge on any atom is -0.299 e. The number of ketones is 2. The normalized spacial score (nSPS) is 30.4. The van der Waals surface area contributed by atoms with Crippen molar-refractivity contribution in [1.29, 1.82) is 0 Å². The first-order chi connectivity index (χ1) is 9.97. The molecule has 2 rings (SSSR count). The number of nitrogens with zero attached hydrogens (tertiary/aromatic N) is 1. The molecule has 0 radical (unpaired) electrons. The molecule has 2 aliphatic rings. The second kappa shape index (κ2) is 6.73. The van der Waals surface area contributed by atoms with Gasteiger partial charge in [0.15, 0.2) is 0 Å². The van der Waals surface area contributed by atoms with Gasteiger partial charge in [0.25, 0.3) is 0 Å². The molecule has 1 heterocycles. The van der Waals surface area contributed by atoms with Crippen LogP contribution in [0, 0.1) is 5.92 Å². The Morgan fingerprint density at radius 1 is 1.00 bits per heavy atom. The Labute approximate surface area is 128 Å². The third kappa shape index (κ3) is 3.36. The number of carbonyl (C=O) groups excluding carboxylic acids is 4. The lowest BCUT2D eigenvalue weighted by Crippen LogP contribution is -2.37. The molecule has 3 unspecified atom stereocenters. The fraction of sp³-hybridized carbons (Fsp3) is 0.733. The molecule has 5 nitrogen and oxygen atoms in total. The lowest BCUT2D eigenvalue weighted by atomic mass is 9.84. The lowest BCUT2D eigenvalue weighted by Gasteiger charge is -2.26. The van der Waals surface area contributed by atoms with Crippen LogP contribution in [0.25, 0.3) is 0 Å². The molecule has 0 aromatic heterocycles. The van der Waals surface area contributed by atoms with Crippen LogP contribution in [0.15, 0.2) is 0 Å². The van der Waals surface area contributed by atoms with E-state index in [1.807, 2.05) is 6.92 Å². The molecule has 0 spiro atoms. The van der Waals surface area contributed by atoms with Crippen LogP contribution in [-0.4, -0.2) is 45.3 Å². The van der Waals surface area contributed by atoms with E-state index in [1.54, 1.807) is 6.92 Å². The predicted molar refractivity (Wildman–Crippen MR) is 79.8 cm³/mol. The van der Waals surface area contributed by atoms with Crippen LogP contribution in [0.2, 0.25) is 0 Å². The first kappa shape index (κ1) is 16.2. The molecule has 1 aliphatic carbocycles. The Morgan fingerprint density at radius 3 is 2.29 bits per heavy atom. The molecule has 1 saturated heterocycles. The Balaban J connectivity index is 1.98. The minimum absolute atomic E-state index is 0.0493. The van der Waals surface area contributed by atoms with Gasteiger partial charge < -0.3 is 0 Å². The van der Waals surface area contributed by atoms with Gasteiger partial charge in [-0.25, -0.2) is 0 Å². The summed E-state index contributed by atoms with van der Waals surface area (Å²) in [5.41, 5.74) is 0. The van der Waals surface area contributed by atoms with Crippen molar-refractivity contribution in [2.75, 3.05) is 6.54 Å². The van der Waals surface area contributed by atoms with Crippen LogP contribution in [0.3, 0.4) is 0 Å². The zero-order valence-electron chi connectivity index (χ0n) is 12.5. The third-order valence-corrected chi connectivity index (χ3v) is 5.59. The average molecular weight is 311 g/mol. The molecule has 116 valence electrons. The van der Waals surface area contributed by atoms with E-state index in [0.29, 0.717) is 6.54 Å². The smallest absolute Gasteiger partial charge is 0.242 e. The van der Waals surface area contributed by atoms with E-state index >= 15 is 0 Å². The summed E-state index contributed by atoms with van der Waals surface area (Å²) < 4.78 is 0. The van der Waals surface area contributed by atoms with Crippen LogP contribution in [-0.2, 0) is 19.2 Å². The van der Waals surface area contributed by atoms with Gasteiger partial charge in [0.1, 0.15) is 11.6 Å². The zero-order valence-corrected chi connectivity index (χ0v) is 13.3. The van der Waals surface area contributed by atoms with Crippen molar-refractivity contribution in [3.63, 3.8) is 0 Å². The van der Waals surface area contributed by atoms with Crippen molar-refractivity contribution >= 4 is 35.1 Å². The van der Waals surface area contributed by atoms with Gasteiger partial charge >= 0.3 is 0 Å². The van der Waals surface area contributed by atoms with Gasteiger partial charge in [-0.3, -0.25) is 24.1 Å². The number of hydrogen-bond acceptors (Lipinski definition) is 5. The topological polar surface area (TPSA) is 71.5 Å². The van der Waals surface area contributed by atoms with Gasteiger partial charge in [0, 0.05) is 31.7 Å². The maximum Gasteiger partial charge on any atom is 0.242 e. The van der Waals surface area contributed by atoms with Gasteiger partial charge in [-0.05, 0) is 13.3 Å². The first-order valence-corrected chi connectivity index (χ1v) is 8.47. The number of imide groups is 1. The average Bonchev–Trinajstić information content (AvgIpc) is 2.70. The quantitative estimate of drug-likeness (QED) is 0.721. The van der Waals surface area contributed by atoms with Crippen molar-refractivity contribution in [2.24, 2.45) is 5.92 Å². The summed E-state index contributed by atoms with van der Waals surface area (Å²) in [6, 6.07) is 0. The highest BCUT2D eigenvalue weighted by atomic mass is 32.2. The molecule has 0 N–H and O–H groups in total. The molecule has 2 fully saturated rings. The molecule has 6 heteroatoms. The minimum atomic E-state index is -0.498. The molecular formula is C15H21NO4S. The number of thioether (sulfide) groups is 1. The van der Waals surface area contributed by atoms with E-state index in [4.69, 9.17) is 0 Å². The monoisotopic (exact) mass is 311 g/mol. The number of Topliss-reactive ketones (excluding diaryl/α,β-unsaturated/α-hetero) is 2. The largest absolute Gasteiger partial charge is 0.299 e. The second-order valence-corrected chi connectivity index (χ2v) is 7.03. The molecule has 0 bridgehead atoms. The van der Waals surface area contributed by atoms with E-state index in [0.717, 1.165) is 12.8 Å². The van der Waals surface area contributed by atoms with E-state index in [1.165, 1.54) is 16.7 Å². The summed E-state index contributed by atoms with van der Waals surface area (Å²) in [4.78, 5) is 49.2. The standard InChI is InChI=1S/C15H21NO4S/c1-3-5-9-6-11(18)12(7-10(9)17)21-13-8-14(19)16(4-2)15(13)20/h9,12-13H,3-8H2,1-2H3. The maximum atomic E-state index is 12.2. The second-order valence-electron chi connectivity index (χ2n) is 5.62. The summed E-state index contributed by atoms with van der Waals surface area (Å²) in [6.45, 7) is 4.12. The fourth-order valence-corrected chi connectivity index (χ4v) is 4.36. The van der Waals surface area contributed by atoms with E-state index < -0.39 is 10.5 Å². The van der Waals surface area contributed by atoms with Crippen molar-refractivity contribution in [3.8, 4) is 0 Å². The third-order valence-electron chi connectivity index (χ3n) is 4.13. The summed E-state index contributed by atoms with van der Waals surface area (Å²) >= 11 is 1.21. The first-order valence-electron chi connectivity index (χ1n) is 7.53. The Morgan fingerprint density at radius 2 is 1.71 bits per heavy atom. The fourth-order valence-electron chi connectivity index (χ4n) is 2.98. The highest BCUT2D eigenvalue weighted by Gasteiger charge is 2.42. The van der Waals surface area contributed by atoms with E-state index in [2.05, 4.69) is 0 Å². The Hall–Kier alpha value is -1.17. The summed E-state index contributed by atoms with van der Waals surface area (Å²) in [5, 5.41) is -0.953. The molecule has 1 aliphatic heterocycles. The highest BCUT2D eigenvalue weighted by Crippen LogP contribution is 2.35. The number of rotatable bonds is 5. The Kier molecular flexibility index (Phi) is 5.19. The molecule has 2 amide bonds. The Bertz CT molecular complexity index is 476. The molecule has 0 aromatic rings. The lowest BCUT2D eigenvalue weighted by molar-refractivity contribution is -0.138. The van der Waals surface area contributed by atoms with Gasteiger partial charge in [-0.15, -0.1) is 11.8 Å². The summed E-state index contributed by atoms with van der Waals surface area (Å²) in [6.07, 6.45) is 2.29. The molecular weight excluding hydrogens is 290 g/mol. The molecule has 3 atom stereocenters. The van der Waals surface area contributed by atoms with Crippen molar-refractivity contribution < 1.29 is 19.2 Å². The van der Waals surface area contributed by atoms with Crippen molar-refractivity contribution in [2.45, 2.75) is 56.5 Å². The molecule has 0 aromatic carbocycles. The van der Waals surface area contributed by atoms with E-state index in [-0.39, 0.29) is 48.6 Å². The van der Waals surface area contributed by atoms with Crippen LogP contribution in [0.4, 0.5) is 0 Å². The zero-order chi connectivity index (χ0) is 15.6. The van der Waals surface area contributed by atoms with Crippen LogP contribution in [0.1, 0.15) is 46.0 Å². The van der Waals surface area contributed by atoms with Gasteiger partial charge in [0.2, 0.25) is 11.8 Å². The van der Waals surface area contributed by atoms with Crippen LogP contribution >= 0.6 is 11.8 Å². The van der Waals surface area contributed by atoms with Gasteiger partial charge in [-0.1, -0.05) is 13.3 Å². The molecule has 1 saturated carbocycles. The number of hydrogen-bond donors (Lipinski definition) is 0.